The van der Waals surface area contributed by atoms with Crippen molar-refractivity contribution in [1.82, 2.24) is 0 Å². The van der Waals surface area contributed by atoms with E-state index in [1.807, 2.05) is 0 Å². The minimum absolute atomic E-state index is 0.342. The summed E-state index contributed by atoms with van der Waals surface area (Å²) in [6.45, 7) is 0.342. The Morgan fingerprint density at radius 1 is 0.476 bits per heavy atom. The van der Waals surface area contributed by atoms with Crippen LogP contribution in [-0.4, -0.2) is 82.5 Å². The molecule has 0 radical (unpaired) electrons. The van der Waals surface area contributed by atoms with Crippen molar-refractivity contribution in [2.45, 2.75) is 86.8 Å². The highest BCUT2D eigenvalue weighted by Gasteiger charge is 2.82. The molecule has 0 aliphatic rings. The summed E-state index contributed by atoms with van der Waals surface area (Å²) in [5.74, 6) is -44.8. The van der Waals surface area contributed by atoms with E-state index in [9.17, 15) is 95.9 Å². The smallest absolute Gasteiger partial charge is 0.237 e. The molecule has 42 heavy (non-hydrogen) atoms. The molecule has 0 saturated heterocycles. The van der Waals surface area contributed by atoms with Gasteiger partial charge in [0, 0.05) is 12.8 Å². The van der Waals surface area contributed by atoms with E-state index in [0.29, 0.717) is 6.92 Å². The van der Waals surface area contributed by atoms with Crippen molar-refractivity contribution in [2.75, 3.05) is 11.5 Å². The second kappa shape index (κ2) is 12.2. The molecule has 0 amide bonds. The van der Waals surface area contributed by atoms with Crippen LogP contribution in [0.3, 0.4) is 0 Å². The van der Waals surface area contributed by atoms with Crippen LogP contribution in [0.4, 0.5) is 79.0 Å². The molecule has 0 rings (SSSR count). The number of alkyl halides is 18. The summed E-state index contributed by atoms with van der Waals surface area (Å²) in [7, 11) is -10.7. The Hall–Kier alpha value is -1.44. The predicted molar refractivity (Wildman–Crippen MR) is 99.5 cm³/mol. The molecule has 0 aliphatic carbocycles. The highest BCUT2D eigenvalue weighted by atomic mass is 32.2. The standard InChI is InChI=1S/C16H16F18O6S2/c1-8(39-41(35,36)6-2-4-9(17,18)11(21,22)13(25,26)15(29,30)31)40-42(37,38)7-3-5-10(19,20)12(23,24)14(27,28)16(32,33)34/h8H,2-7H2,1H3. The van der Waals surface area contributed by atoms with Gasteiger partial charge in [-0.1, -0.05) is 0 Å². The van der Waals surface area contributed by atoms with E-state index in [1.54, 1.807) is 0 Å². The highest BCUT2D eigenvalue weighted by Crippen LogP contribution is 2.55. The first-order valence-corrected chi connectivity index (χ1v) is 13.4. The van der Waals surface area contributed by atoms with Gasteiger partial charge in [-0.3, -0.25) is 0 Å². The lowest BCUT2D eigenvalue weighted by Crippen LogP contribution is -2.60. The summed E-state index contributed by atoms with van der Waals surface area (Å²) in [5.41, 5.74) is 0. The van der Waals surface area contributed by atoms with Crippen LogP contribution in [0.5, 0.6) is 0 Å². The van der Waals surface area contributed by atoms with Crippen LogP contribution in [-0.2, 0) is 28.6 Å². The van der Waals surface area contributed by atoms with Crippen LogP contribution in [0.1, 0.15) is 32.6 Å². The fraction of sp³-hybridized carbons (Fsp3) is 1.00. The topological polar surface area (TPSA) is 86.7 Å². The summed E-state index contributed by atoms with van der Waals surface area (Å²) in [5, 5.41) is 0. The van der Waals surface area contributed by atoms with Gasteiger partial charge >= 0.3 is 47.9 Å². The van der Waals surface area contributed by atoms with Crippen LogP contribution in [0, 0.1) is 0 Å². The molecular weight excluding hydrogens is 694 g/mol. The summed E-state index contributed by atoms with van der Waals surface area (Å²) in [6.07, 6.45) is -25.8. The van der Waals surface area contributed by atoms with Crippen molar-refractivity contribution in [3.05, 3.63) is 0 Å². The maximum absolute atomic E-state index is 13.4. The third-order valence-electron chi connectivity index (χ3n) is 4.75. The molecular formula is C16H16F18O6S2. The van der Waals surface area contributed by atoms with Gasteiger partial charge in [0.2, 0.25) is 0 Å². The Morgan fingerprint density at radius 2 is 0.714 bits per heavy atom. The highest BCUT2D eigenvalue weighted by molar-refractivity contribution is 7.87. The number of hydrogen-bond acceptors (Lipinski definition) is 6. The zero-order chi connectivity index (χ0) is 34.2. The van der Waals surface area contributed by atoms with E-state index >= 15 is 0 Å². The van der Waals surface area contributed by atoms with Gasteiger partial charge in [0.1, 0.15) is 0 Å². The average molecular weight is 710 g/mol. The molecule has 0 aliphatic heterocycles. The lowest BCUT2D eigenvalue weighted by atomic mass is 10.00. The first-order valence-electron chi connectivity index (χ1n) is 10.2. The first-order chi connectivity index (χ1) is 18.0. The van der Waals surface area contributed by atoms with Gasteiger partial charge in [0.15, 0.2) is 6.29 Å². The second-order valence-electron chi connectivity index (χ2n) is 8.19. The van der Waals surface area contributed by atoms with Gasteiger partial charge in [-0.25, -0.2) is 8.37 Å². The molecule has 26 heteroatoms. The lowest BCUT2D eigenvalue weighted by molar-refractivity contribution is -0.396. The molecule has 0 saturated carbocycles. The SMILES string of the molecule is CC(OS(=O)(=O)CCCC(F)(F)C(F)(F)C(F)(F)C(F)(F)F)OS(=O)(=O)CCCC(F)(F)C(F)(F)C(F)(F)C(F)(F)F. The largest absolute Gasteiger partial charge is 0.460 e. The zero-order valence-corrected chi connectivity index (χ0v) is 21.5. The normalized spacial score (nSPS) is 15.9. The van der Waals surface area contributed by atoms with Crippen molar-refractivity contribution in [1.29, 1.82) is 0 Å². The fourth-order valence-corrected chi connectivity index (χ4v) is 4.74. The fourth-order valence-electron chi connectivity index (χ4n) is 2.60. The maximum atomic E-state index is 13.4. The van der Waals surface area contributed by atoms with Gasteiger partial charge < -0.3 is 0 Å². The molecule has 0 fully saturated rings. The number of halogens is 18. The molecule has 0 N–H and O–H groups in total. The summed E-state index contributed by atoms with van der Waals surface area (Å²) in [6, 6.07) is 0. The summed E-state index contributed by atoms with van der Waals surface area (Å²) < 4.78 is 284. The molecule has 6 nitrogen and oxygen atoms in total. The van der Waals surface area contributed by atoms with E-state index in [2.05, 4.69) is 8.37 Å². The molecule has 0 heterocycles. The average Bonchev–Trinajstić information content (AvgIpc) is 2.69. The number of hydrogen-bond donors (Lipinski definition) is 0. The van der Waals surface area contributed by atoms with Crippen molar-refractivity contribution in [3.63, 3.8) is 0 Å². The van der Waals surface area contributed by atoms with Crippen molar-refractivity contribution in [3.8, 4) is 0 Å². The summed E-state index contributed by atoms with van der Waals surface area (Å²) in [4.78, 5) is 0. The zero-order valence-electron chi connectivity index (χ0n) is 19.9. The van der Waals surface area contributed by atoms with Crippen LogP contribution in [0.15, 0.2) is 0 Å². The Bertz CT molecular complexity index is 1040. The molecule has 0 aromatic heterocycles. The Labute approximate surface area is 223 Å². The summed E-state index contributed by atoms with van der Waals surface area (Å²) >= 11 is 0. The minimum Gasteiger partial charge on any atom is -0.237 e. The van der Waals surface area contributed by atoms with Gasteiger partial charge in [-0.15, -0.1) is 0 Å². The Kier molecular flexibility index (Phi) is 11.7. The van der Waals surface area contributed by atoms with E-state index in [4.69, 9.17) is 0 Å². The molecule has 0 unspecified atom stereocenters. The molecule has 0 bridgehead atoms. The monoisotopic (exact) mass is 710 g/mol. The van der Waals surface area contributed by atoms with Gasteiger partial charge in [-0.05, 0) is 19.8 Å². The van der Waals surface area contributed by atoms with Gasteiger partial charge in [-0.2, -0.15) is 95.9 Å². The van der Waals surface area contributed by atoms with E-state index in [0.717, 1.165) is 0 Å². The molecule has 0 aromatic rings. The third-order valence-corrected chi connectivity index (χ3v) is 7.46. The quantitative estimate of drug-likeness (QED) is 0.103. The van der Waals surface area contributed by atoms with Gasteiger partial charge in [0.05, 0.1) is 11.5 Å². The van der Waals surface area contributed by atoms with Crippen molar-refractivity contribution < 1.29 is 104 Å². The van der Waals surface area contributed by atoms with E-state index < -0.39 is 112 Å². The van der Waals surface area contributed by atoms with E-state index in [-0.39, 0.29) is 0 Å². The van der Waals surface area contributed by atoms with Crippen LogP contribution >= 0.6 is 0 Å². The second-order valence-corrected chi connectivity index (χ2v) is 11.6. The Morgan fingerprint density at radius 3 is 0.929 bits per heavy atom. The molecule has 254 valence electrons. The Balaban J connectivity index is 5.19. The molecule has 0 spiro atoms. The van der Waals surface area contributed by atoms with E-state index in [1.165, 1.54) is 0 Å². The third kappa shape index (κ3) is 8.81. The van der Waals surface area contributed by atoms with Crippen LogP contribution in [0.2, 0.25) is 0 Å². The predicted octanol–water partition coefficient (Wildman–Crippen LogP) is 6.52. The van der Waals surface area contributed by atoms with Crippen molar-refractivity contribution in [2.24, 2.45) is 0 Å². The molecule has 0 aromatic carbocycles. The minimum atomic E-state index is -7.27. The van der Waals surface area contributed by atoms with Crippen molar-refractivity contribution >= 4 is 20.2 Å². The van der Waals surface area contributed by atoms with Crippen LogP contribution < -0.4 is 0 Å². The lowest BCUT2D eigenvalue weighted by Gasteiger charge is -2.33. The number of rotatable bonds is 16. The molecule has 0 atom stereocenters. The first kappa shape index (κ1) is 40.6. The van der Waals surface area contributed by atoms with Gasteiger partial charge in [0.25, 0.3) is 20.2 Å². The van der Waals surface area contributed by atoms with Crippen LogP contribution in [0.25, 0.3) is 0 Å². The maximum Gasteiger partial charge on any atom is 0.460 e.